The first-order valence-corrected chi connectivity index (χ1v) is 10.4. The third kappa shape index (κ3) is 16.6. The molecule has 0 aliphatic carbocycles. The fraction of sp³-hybridized carbons (Fsp3) is 0.448. The molecule has 0 spiro atoms. The van der Waals surface area contributed by atoms with E-state index in [4.69, 9.17) is 0 Å². The summed E-state index contributed by atoms with van der Waals surface area (Å²) in [7, 11) is 0. The van der Waals surface area contributed by atoms with E-state index in [1.54, 1.807) is 0 Å². The molecule has 0 amide bonds. The second kappa shape index (κ2) is 14.0. The average Bonchev–Trinajstić information content (AvgIpc) is 2.55. The zero-order valence-corrected chi connectivity index (χ0v) is 21.4. The molecule has 0 bridgehead atoms. The number of benzene rings is 2. The maximum atomic E-state index is 3.83. The number of hydrogen-bond donors (Lipinski definition) is 0. The highest BCUT2D eigenvalue weighted by atomic mass is 14.1. The van der Waals surface area contributed by atoms with Gasteiger partial charge in [-0.15, -0.1) is 6.58 Å². The second-order valence-corrected chi connectivity index (χ2v) is 9.41. The van der Waals surface area contributed by atoms with E-state index in [0.29, 0.717) is 5.41 Å². The van der Waals surface area contributed by atoms with Gasteiger partial charge in [0.25, 0.3) is 0 Å². The van der Waals surface area contributed by atoms with Gasteiger partial charge in [-0.2, -0.15) is 0 Å². The highest BCUT2D eigenvalue weighted by Crippen LogP contribution is 2.21. The molecule has 29 heavy (non-hydrogen) atoms. The summed E-state index contributed by atoms with van der Waals surface area (Å²) >= 11 is 0. The summed E-state index contributed by atoms with van der Waals surface area (Å²) in [6.07, 6.45) is 0. The van der Waals surface area contributed by atoms with Gasteiger partial charge in [0.15, 0.2) is 0 Å². The van der Waals surface area contributed by atoms with Crippen molar-refractivity contribution in [1.82, 2.24) is 0 Å². The molecule has 0 N–H and O–H groups in total. The maximum Gasteiger partial charge on any atom is -0.0178 e. The van der Waals surface area contributed by atoms with Crippen molar-refractivity contribution in [2.45, 2.75) is 83.1 Å². The van der Waals surface area contributed by atoms with Crippen LogP contribution < -0.4 is 0 Å². The van der Waals surface area contributed by atoms with Crippen molar-refractivity contribution in [3.05, 3.63) is 94.1 Å². The smallest absolute Gasteiger partial charge is 0.0178 e. The first kappa shape index (κ1) is 29.1. The molecule has 0 fully saturated rings. The molecule has 2 aromatic rings. The molecule has 0 aliphatic heterocycles. The molecule has 0 saturated carbocycles. The van der Waals surface area contributed by atoms with Crippen molar-refractivity contribution in [2.24, 2.45) is 5.41 Å². The molecule has 162 valence electrons. The van der Waals surface area contributed by atoms with Crippen LogP contribution >= 0.6 is 0 Å². The normalized spacial score (nSPS) is 9.66. The van der Waals surface area contributed by atoms with Gasteiger partial charge in [0.2, 0.25) is 0 Å². The van der Waals surface area contributed by atoms with E-state index >= 15 is 0 Å². The summed E-state index contributed by atoms with van der Waals surface area (Å²) < 4.78 is 0. The fourth-order valence-corrected chi connectivity index (χ4v) is 1.78. The van der Waals surface area contributed by atoms with Gasteiger partial charge in [0.05, 0.1) is 0 Å². The Morgan fingerprint density at radius 2 is 0.828 bits per heavy atom. The number of hydrogen-bond acceptors (Lipinski definition) is 0. The third-order valence-electron chi connectivity index (χ3n) is 4.61. The van der Waals surface area contributed by atoms with Gasteiger partial charge in [-0.25, -0.2) is 0 Å². The molecule has 0 heterocycles. The number of allylic oxidation sites excluding steroid dienone is 2. The van der Waals surface area contributed by atoms with Crippen LogP contribution in [0.2, 0.25) is 0 Å². The SMILES string of the molecule is C=C(C)C.C=C(C)C(C)(C)C.Cc1ccc(C)c(C)c1.Cc1ccc(C)c(C)c1. The molecule has 2 aromatic carbocycles. The lowest BCUT2D eigenvalue weighted by Gasteiger charge is -2.16. The Hall–Kier alpha value is -2.08. The molecule has 0 aliphatic rings. The van der Waals surface area contributed by atoms with Gasteiger partial charge in [-0.05, 0) is 90.0 Å². The number of aryl methyl sites for hydroxylation is 6. The minimum atomic E-state index is 0.306. The molecule has 0 nitrogen and oxygen atoms in total. The van der Waals surface area contributed by atoms with E-state index in [1.807, 2.05) is 13.8 Å². The quantitative estimate of drug-likeness (QED) is 0.390. The second-order valence-electron chi connectivity index (χ2n) is 9.41. The largest absolute Gasteiger partial charge is 0.100 e. The van der Waals surface area contributed by atoms with E-state index in [2.05, 4.69) is 119 Å². The summed E-state index contributed by atoms with van der Waals surface area (Å²) in [6, 6.07) is 13.0. The van der Waals surface area contributed by atoms with Crippen LogP contribution in [-0.4, -0.2) is 0 Å². The molecule has 0 aromatic heterocycles. The Morgan fingerprint density at radius 1 is 0.586 bits per heavy atom. The van der Waals surface area contributed by atoms with Gasteiger partial charge in [0.1, 0.15) is 0 Å². The summed E-state index contributed by atoms with van der Waals surface area (Å²) in [4.78, 5) is 0. The molecule has 0 atom stereocenters. The van der Waals surface area contributed by atoms with E-state index in [9.17, 15) is 0 Å². The summed E-state index contributed by atoms with van der Waals surface area (Å²) in [5.41, 5.74) is 10.9. The summed E-state index contributed by atoms with van der Waals surface area (Å²) in [6.45, 7) is 32.7. The van der Waals surface area contributed by atoms with Gasteiger partial charge in [-0.1, -0.05) is 86.0 Å². The van der Waals surface area contributed by atoms with Crippen LogP contribution in [0.5, 0.6) is 0 Å². The fourth-order valence-electron chi connectivity index (χ4n) is 1.78. The van der Waals surface area contributed by atoms with E-state index < -0.39 is 0 Å². The summed E-state index contributed by atoms with van der Waals surface area (Å²) in [5.74, 6) is 0. The summed E-state index contributed by atoms with van der Waals surface area (Å²) in [5, 5.41) is 0. The minimum Gasteiger partial charge on any atom is -0.100 e. The van der Waals surface area contributed by atoms with Crippen LogP contribution in [0.1, 0.15) is 74.9 Å². The van der Waals surface area contributed by atoms with Crippen LogP contribution in [0.25, 0.3) is 0 Å². The molecule has 0 unspecified atom stereocenters. The first-order valence-electron chi connectivity index (χ1n) is 10.4. The predicted molar refractivity (Wildman–Crippen MR) is 136 cm³/mol. The predicted octanol–water partition coefficient (Wildman–Crippen LogP) is 9.41. The van der Waals surface area contributed by atoms with Crippen LogP contribution in [0.15, 0.2) is 60.7 Å². The van der Waals surface area contributed by atoms with Crippen LogP contribution in [0.3, 0.4) is 0 Å². The Balaban J connectivity index is 0. The number of rotatable bonds is 0. The van der Waals surface area contributed by atoms with Crippen LogP contribution in [-0.2, 0) is 0 Å². The van der Waals surface area contributed by atoms with E-state index in [-0.39, 0.29) is 0 Å². The molecule has 2 rings (SSSR count). The van der Waals surface area contributed by atoms with Gasteiger partial charge in [0, 0.05) is 0 Å². The van der Waals surface area contributed by atoms with Gasteiger partial charge in [-0.3, -0.25) is 0 Å². The Morgan fingerprint density at radius 3 is 0.966 bits per heavy atom. The van der Waals surface area contributed by atoms with Crippen molar-refractivity contribution in [2.75, 3.05) is 0 Å². The van der Waals surface area contributed by atoms with E-state index in [0.717, 1.165) is 0 Å². The van der Waals surface area contributed by atoms with Crippen molar-refractivity contribution in [1.29, 1.82) is 0 Å². The lowest BCUT2D eigenvalue weighted by molar-refractivity contribution is 0.506. The first-order chi connectivity index (χ1) is 13.1. The zero-order valence-electron chi connectivity index (χ0n) is 21.4. The average molecular weight is 395 g/mol. The molecular formula is C29H46. The zero-order chi connectivity index (χ0) is 23.4. The van der Waals surface area contributed by atoms with Crippen LogP contribution in [0, 0.1) is 47.0 Å². The minimum absolute atomic E-state index is 0.306. The third-order valence-corrected chi connectivity index (χ3v) is 4.61. The van der Waals surface area contributed by atoms with Crippen molar-refractivity contribution < 1.29 is 0 Å². The highest BCUT2D eigenvalue weighted by Gasteiger charge is 2.08. The maximum absolute atomic E-state index is 3.83. The topological polar surface area (TPSA) is 0 Å². The Labute approximate surface area is 182 Å². The van der Waals surface area contributed by atoms with Crippen molar-refractivity contribution in [3.8, 4) is 0 Å². The van der Waals surface area contributed by atoms with Crippen molar-refractivity contribution >= 4 is 0 Å². The molecule has 0 saturated heterocycles. The highest BCUT2D eigenvalue weighted by molar-refractivity contribution is 5.29. The lowest BCUT2D eigenvalue weighted by atomic mass is 9.89. The van der Waals surface area contributed by atoms with Crippen LogP contribution in [0.4, 0.5) is 0 Å². The lowest BCUT2D eigenvalue weighted by Crippen LogP contribution is -2.04. The standard InChI is InChI=1S/2C9H12.C7H14.C4H8/c2*1-7-4-5-8(2)9(3)6-7;1-6(2)7(3,4)5;1-4(2)3/h2*4-6H,1-3H3;1H2,2-5H3;1H2,2-3H3. The van der Waals surface area contributed by atoms with E-state index in [1.165, 1.54) is 44.5 Å². The molecular weight excluding hydrogens is 348 g/mol. The van der Waals surface area contributed by atoms with Gasteiger partial charge < -0.3 is 0 Å². The Kier molecular flexibility index (Phi) is 14.0. The molecule has 0 heteroatoms. The monoisotopic (exact) mass is 394 g/mol. The van der Waals surface area contributed by atoms with Crippen molar-refractivity contribution in [3.63, 3.8) is 0 Å². The Bertz CT molecular complexity index is 714. The van der Waals surface area contributed by atoms with Gasteiger partial charge >= 0.3 is 0 Å². The molecule has 0 radical (unpaired) electrons.